The van der Waals surface area contributed by atoms with Gasteiger partial charge in [-0.25, -0.2) is 18.1 Å². The van der Waals surface area contributed by atoms with E-state index in [1.54, 1.807) is 0 Å². The van der Waals surface area contributed by atoms with Gasteiger partial charge in [-0.15, -0.1) is 24.0 Å². The number of halogens is 1. The number of hydrogen-bond donors (Lipinski definition) is 2. The minimum atomic E-state index is -2.85. The first-order valence-corrected chi connectivity index (χ1v) is 10.9. The highest BCUT2D eigenvalue weighted by molar-refractivity contribution is 14.0. The van der Waals surface area contributed by atoms with Crippen LogP contribution in [0.3, 0.4) is 0 Å². The van der Waals surface area contributed by atoms with E-state index in [4.69, 9.17) is 0 Å². The number of nitrogens with zero attached hydrogens (tertiary/aromatic N) is 4. The van der Waals surface area contributed by atoms with Crippen LogP contribution in [0.4, 0.5) is 0 Å². The highest BCUT2D eigenvalue weighted by atomic mass is 127. The molecule has 2 unspecified atom stereocenters. The molecule has 0 bridgehead atoms. The molecule has 1 saturated heterocycles. The molecule has 8 nitrogen and oxygen atoms in total. The average Bonchev–Trinajstić information content (AvgIpc) is 3.10. The smallest absolute Gasteiger partial charge is 0.191 e. The largest absolute Gasteiger partial charge is 0.356 e. The number of guanidine groups is 1. The molecule has 148 valence electrons. The minimum Gasteiger partial charge on any atom is -0.356 e. The maximum atomic E-state index is 11.6. The van der Waals surface area contributed by atoms with Crippen molar-refractivity contribution in [3.05, 3.63) is 11.6 Å². The Labute approximate surface area is 172 Å². The summed E-state index contributed by atoms with van der Waals surface area (Å²) in [5, 5.41) is 11.3. The summed E-state index contributed by atoms with van der Waals surface area (Å²) in [5.41, 5.74) is 0. The van der Waals surface area contributed by atoms with Crippen LogP contribution in [0.1, 0.15) is 37.8 Å². The summed E-state index contributed by atoms with van der Waals surface area (Å²) in [4.78, 5) is 9.09. The van der Waals surface area contributed by atoms with Gasteiger partial charge in [-0.1, -0.05) is 6.92 Å². The van der Waals surface area contributed by atoms with Crippen molar-refractivity contribution in [2.24, 2.45) is 10.9 Å². The van der Waals surface area contributed by atoms with Gasteiger partial charge in [0.15, 0.2) is 15.8 Å². The zero-order chi connectivity index (χ0) is 17.9. The van der Waals surface area contributed by atoms with Gasteiger partial charge >= 0.3 is 0 Å². The highest BCUT2D eigenvalue weighted by Gasteiger charge is 2.28. The van der Waals surface area contributed by atoms with Crippen LogP contribution in [0.25, 0.3) is 0 Å². The molecule has 3 heterocycles. The first-order chi connectivity index (χ1) is 11.9. The molecular formula is C16H29IN6O2S. The van der Waals surface area contributed by atoms with Gasteiger partial charge in [0.1, 0.15) is 11.6 Å². The second-order valence-corrected chi connectivity index (χ2v) is 9.25. The number of rotatable bonds is 5. The number of aromatic nitrogens is 3. The predicted molar refractivity (Wildman–Crippen MR) is 113 cm³/mol. The van der Waals surface area contributed by atoms with E-state index in [2.05, 4.69) is 32.6 Å². The van der Waals surface area contributed by atoms with Crippen LogP contribution in [0, 0.1) is 12.8 Å². The van der Waals surface area contributed by atoms with E-state index in [1.165, 1.54) is 0 Å². The first kappa shape index (κ1) is 21.4. The fourth-order valence-corrected chi connectivity index (χ4v) is 5.23. The molecule has 1 aromatic heterocycles. The number of aryl methyl sites for hydroxylation is 2. The van der Waals surface area contributed by atoms with Gasteiger partial charge in [0, 0.05) is 25.6 Å². The molecule has 0 radical (unpaired) electrons. The molecular weight excluding hydrogens is 467 g/mol. The molecule has 0 spiro atoms. The fourth-order valence-electron chi connectivity index (χ4n) is 3.38. The summed E-state index contributed by atoms with van der Waals surface area (Å²) >= 11 is 0. The molecule has 2 N–H and O–H groups in total. The molecule has 1 fully saturated rings. The van der Waals surface area contributed by atoms with Gasteiger partial charge in [-0.05, 0) is 32.1 Å². The van der Waals surface area contributed by atoms with Gasteiger partial charge in [0.2, 0.25) is 0 Å². The van der Waals surface area contributed by atoms with Crippen molar-refractivity contribution in [3.8, 4) is 0 Å². The third-order valence-corrected chi connectivity index (χ3v) is 6.52. The maximum absolute atomic E-state index is 11.6. The van der Waals surface area contributed by atoms with Gasteiger partial charge in [-0.3, -0.25) is 4.99 Å². The Kier molecular flexibility index (Phi) is 7.68. The standard InChI is InChI=1S/C16H28N6O2S.HI/c1-3-7-17-16(18-9-13-6-8-25(23,24)11-13)20-14-4-5-15-19-12(2)21-22(15)10-14;/h13-14H,3-11H2,1-2H3,(H2,17,18,20);1H. The van der Waals surface area contributed by atoms with Gasteiger partial charge in [0.25, 0.3) is 0 Å². The molecule has 0 saturated carbocycles. The molecule has 2 aliphatic heterocycles. The van der Waals surface area contributed by atoms with E-state index >= 15 is 0 Å². The molecule has 10 heteroatoms. The molecule has 2 aliphatic rings. The van der Waals surface area contributed by atoms with Crippen LogP contribution >= 0.6 is 24.0 Å². The molecule has 1 aromatic rings. The quantitative estimate of drug-likeness (QED) is 0.357. The Morgan fingerprint density at radius 1 is 1.38 bits per heavy atom. The molecule has 26 heavy (non-hydrogen) atoms. The van der Waals surface area contributed by atoms with Crippen molar-refractivity contribution < 1.29 is 8.42 Å². The van der Waals surface area contributed by atoms with Crippen LogP contribution in [0.2, 0.25) is 0 Å². The summed E-state index contributed by atoms with van der Waals surface area (Å²) in [6.07, 6.45) is 3.62. The number of sulfone groups is 1. The Morgan fingerprint density at radius 3 is 2.88 bits per heavy atom. The SMILES string of the molecule is CCCNC(=NCC1CCS(=O)(=O)C1)NC1CCc2nc(C)nn2C1.I. The van der Waals surface area contributed by atoms with Crippen LogP contribution < -0.4 is 10.6 Å². The first-order valence-electron chi connectivity index (χ1n) is 9.11. The number of fused-ring (bicyclic) bond motifs is 1. The third kappa shape index (κ3) is 5.80. The zero-order valence-electron chi connectivity index (χ0n) is 15.4. The van der Waals surface area contributed by atoms with E-state index in [0.717, 1.165) is 56.4 Å². The van der Waals surface area contributed by atoms with Crippen molar-refractivity contribution in [2.45, 2.75) is 52.1 Å². The lowest BCUT2D eigenvalue weighted by Crippen LogP contribution is -2.47. The lowest BCUT2D eigenvalue weighted by atomic mass is 10.1. The normalized spacial score (nSPS) is 24.6. The summed E-state index contributed by atoms with van der Waals surface area (Å²) in [6.45, 7) is 6.20. The summed E-state index contributed by atoms with van der Waals surface area (Å²) in [5.74, 6) is 3.35. The van der Waals surface area contributed by atoms with E-state index in [9.17, 15) is 8.42 Å². The Bertz CT molecular complexity index is 733. The zero-order valence-corrected chi connectivity index (χ0v) is 18.6. The Balaban J connectivity index is 0.00000243. The molecule has 2 atom stereocenters. The maximum Gasteiger partial charge on any atom is 0.191 e. The molecule has 0 aromatic carbocycles. The highest BCUT2D eigenvalue weighted by Crippen LogP contribution is 2.18. The third-order valence-electron chi connectivity index (χ3n) is 4.68. The monoisotopic (exact) mass is 496 g/mol. The van der Waals surface area contributed by atoms with Gasteiger partial charge < -0.3 is 10.6 Å². The Morgan fingerprint density at radius 2 is 2.19 bits per heavy atom. The van der Waals surface area contributed by atoms with Crippen molar-refractivity contribution in [1.82, 2.24) is 25.4 Å². The van der Waals surface area contributed by atoms with Crippen LogP contribution in [-0.2, 0) is 22.8 Å². The van der Waals surface area contributed by atoms with Crippen molar-refractivity contribution in [3.63, 3.8) is 0 Å². The van der Waals surface area contributed by atoms with Gasteiger partial charge in [0.05, 0.1) is 18.1 Å². The topological polar surface area (TPSA) is 101 Å². The second-order valence-electron chi connectivity index (χ2n) is 7.02. The lowest BCUT2D eigenvalue weighted by molar-refractivity contribution is 0.392. The van der Waals surface area contributed by atoms with Crippen LogP contribution in [-0.4, -0.2) is 59.8 Å². The van der Waals surface area contributed by atoms with Crippen LogP contribution in [0.15, 0.2) is 4.99 Å². The van der Waals surface area contributed by atoms with Gasteiger partial charge in [-0.2, -0.15) is 5.10 Å². The summed E-state index contributed by atoms with van der Waals surface area (Å²) in [6, 6.07) is 0.254. The minimum absolute atomic E-state index is 0. The summed E-state index contributed by atoms with van der Waals surface area (Å²) < 4.78 is 25.2. The van der Waals surface area contributed by atoms with Crippen molar-refractivity contribution in [1.29, 1.82) is 0 Å². The van der Waals surface area contributed by atoms with E-state index in [0.29, 0.717) is 12.3 Å². The lowest BCUT2D eigenvalue weighted by Gasteiger charge is -2.25. The van der Waals surface area contributed by atoms with E-state index in [1.807, 2.05) is 11.6 Å². The van der Waals surface area contributed by atoms with Crippen LogP contribution in [0.5, 0.6) is 0 Å². The van der Waals surface area contributed by atoms with Crippen molar-refractivity contribution >= 4 is 39.8 Å². The molecule has 0 aliphatic carbocycles. The predicted octanol–water partition coefficient (Wildman–Crippen LogP) is 0.899. The number of nitrogens with one attached hydrogen (secondary N) is 2. The average molecular weight is 496 g/mol. The molecule has 3 rings (SSSR count). The molecule has 0 amide bonds. The Hall–Kier alpha value is -0.910. The van der Waals surface area contributed by atoms with E-state index < -0.39 is 9.84 Å². The second kappa shape index (κ2) is 9.34. The number of hydrogen-bond acceptors (Lipinski definition) is 5. The number of aliphatic imine (C=N–C) groups is 1. The summed E-state index contributed by atoms with van der Waals surface area (Å²) in [7, 11) is -2.85. The van der Waals surface area contributed by atoms with E-state index in [-0.39, 0.29) is 41.7 Å². The fraction of sp³-hybridized carbons (Fsp3) is 0.812. The van der Waals surface area contributed by atoms with Crippen molar-refractivity contribution in [2.75, 3.05) is 24.6 Å².